The maximum Gasteiger partial charge on any atom is 0.306 e. The smallest absolute Gasteiger partial charge is 0.306 e. The van der Waals surface area contributed by atoms with Gasteiger partial charge in [0.05, 0.1) is 13.2 Å². The fourth-order valence-corrected chi connectivity index (χ4v) is 4.11. The first-order valence-electron chi connectivity index (χ1n) is 12.0. The third-order valence-corrected chi connectivity index (χ3v) is 5.91. The molecule has 0 amide bonds. The molecule has 0 aromatic rings. The molecular formula is C24H42O5. The molecule has 0 saturated carbocycles. The van der Waals surface area contributed by atoms with Crippen molar-refractivity contribution in [3.63, 3.8) is 0 Å². The lowest BCUT2D eigenvalue weighted by atomic mass is 10.1. The Morgan fingerprint density at radius 1 is 0.862 bits per heavy atom. The summed E-state index contributed by atoms with van der Waals surface area (Å²) in [6, 6.07) is 0. The summed E-state index contributed by atoms with van der Waals surface area (Å²) in [4.78, 5) is 12.0. The lowest BCUT2D eigenvalue weighted by molar-refractivity contribution is -0.153. The van der Waals surface area contributed by atoms with E-state index in [2.05, 4.69) is 19.1 Å². The van der Waals surface area contributed by atoms with Crippen LogP contribution in [-0.4, -0.2) is 48.7 Å². The fraction of sp³-hybridized carbons (Fsp3) is 0.875. The second-order valence-electron chi connectivity index (χ2n) is 8.53. The van der Waals surface area contributed by atoms with Gasteiger partial charge in [-0.3, -0.25) is 4.79 Å². The van der Waals surface area contributed by atoms with Gasteiger partial charge >= 0.3 is 5.97 Å². The van der Waals surface area contributed by atoms with E-state index in [-0.39, 0.29) is 30.9 Å². The van der Waals surface area contributed by atoms with Crippen LogP contribution in [0.25, 0.3) is 0 Å². The molecule has 0 aromatic heterocycles. The average Bonchev–Trinajstić information content (AvgIpc) is 3.28. The number of fused-ring (bicyclic) bond motifs is 1. The van der Waals surface area contributed by atoms with Gasteiger partial charge in [0.2, 0.25) is 0 Å². The molecule has 5 heteroatoms. The maximum absolute atomic E-state index is 12.0. The Kier molecular flexibility index (Phi) is 12.6. The lowest BCUT2D eigenvalue weighted by Crippen LogP contribution is -2.34. The largest absolute Gasteiger partial charge is 0.457 e. The summed E-state index contributed by atoms with van der Waals surface area (Å²) in [5, 5.41) is 9.71. The van der Waals surface area contributed by atoms with Crippen LogP contribution in [0.5, 0.6) is 0 Å². The van der Waals surface area contributed by atoms with Gasteiger partial charge < -0.3 is 19.3 Å². The van der Waals surface area contributed by atoms with Crippen molar-refractivity contribution in [1.29, 1.82) is 0 Å². The van der Waals surface area contributed by atoms with Crippen LogP contribution in [0.4, 0.5) is 0 Å². The molecule has 0 bridgehead atoms. The number of allylic oxidation sites excluding steroid dienone is 2. The fourth-order valence-electron chi connectivity index (χ4n) is 4.11. The van der Waals surface area contributed by atoms with Crippen LogP contribution in [0, 0.1) is 0 Å². The summed E-state index contributed by atoms with van der Waals surface area (Å²) in [5.74, 6) is -0.179. The molecule has 5 nitrogen and oxygen atoms in total. The molecule has 0 spiro atoms. The van der Waals surface area contributed by atoms with Crippen LogP contribution in [-0.2, 0) is 19.0 Å². The van der Waals surface area contributed by atoms with Crippen LogP contribution in [0.15, 0.2) is 12.2 Å². The zero-order chi connectivity index (χ0) is 20.7. The van der Waals surface area contributed by atoms with E-state index in [9.17, 15) is 9.90 Å². The van der Waals surface area contributed by atoms with Crippen molar-refractivity contribution in [2.24, 2.45) is 0 Å². The van der Waals surface area contributed by atoms with E-state index in [0.29, 0.717) is 13.0 Å². The van der Waals surface area contributed by atoms with Gasteiger partial charge in [-0.05, 0) is 32.1 Å². The third kappa shape index (κ3) is 9.63. The third-order valence-electron chi connectivity index (χ3n) is 5.91. The number of rotatable bonds is 16. The highest BCUT2D eigenvalue weighted by Crippen LogP contribution is 2.29. The quantitative estimate of drug-likeness (QED) is 0.218. The van der Waals surface area contributed by atoms with E-state index in [4.69, 9.17) is 14.2 Å². The molecule has 2 saturated heterocycles. The van der Waals surface area contributed by atoms with Gasteiger partial charge in [0.25, 0.3) is 0 Å². The number of ether oxygens (including phenoxy) is 3. The molecule has 0 aliphatic carbocycles. The average molecular weight is 411 g/mol. The Hall–Kier alpha value is -0.910. The molecule has 2 aliphatic heterocycles. The molecule has 29 heavy (non-hydrogen) atoms. The highest BCUT2D eigenvalue weighted by atomic mass is 16.6. The van der Waals surface area contributed by atoms with E-state index in [1.54, 1.807) is 0 Å². The van der Waals surface area contributed by atoms with Gasteiger partial charge in [-0.1, -0.05) is 70.4 Å². The Labute approximate surface area is 177 Å². The molecule has 1 N–H and O–H groups in total. The van der Waals surface area contributed by atoms with Crippen molar-refractivity contribution in [2.75, 3.05) is 13.2 Å². The van der Waals surface area contributed by atoms with Crippen LogP contribution >= 0.6 is 0 Å². The predicted octanol–water partition coefficient (Wildman–Crippen LogP) is 5.09. The highest BCUT2D eigenvalue weighted by molar-refractivity contribution is 5.69. The molecule has 168 valence electrons. The summed E-state index contributed by atoms with van der Waals surface area (Å²) in [5.41, 5.74) is 0. The summed E-state index contributed by atoms with van der Waals surface area (Å²) in [6.45, 7) is 2.85. The van der Waals surface area contributed by atoms with E-state index in [1.807, 2.05) is 0 Å². The van der Waals surface area contributed by atoms with E-state index >= 15 is 0 Å². The molecule has 2 fully saturated rings. The van der Waals surface area contributed by atoms with Crippen molar-refractivity contribution in [1.82, 2.24) is 0 Å². The topological polar surface area (TPSA) is 65.0 Å². The number of carbonyl (C=O) groups is 1. The van der Waals surface area contributed by atoms with E-state index in [1.165, 1.54) is 70.6 Å². The Morgan fingerprint density at radius 2 is 1.45 bits per heavy atom. The van der Waals surface area contributed by atoms with Gasteiger partial charge in [0, 0.05) is 6.42 Å². The highest BCUT2D eigenvalue weighted by Gasteiger charge is 2.48. The maximum atomic E-state index is 12.0. The van der Waals surface area contributed by atoms with Gasteiger partial charge in [0.15, 0.2) is 6.10 Å². The first kappa shape index (κ1) is 24.4. The normalized spacial score (nSPS) is 26.3. The van der Waals surface area contributed by atoms with Crippen molar-refractivity contribution >= 4 is 5.97 Å². The summed E-state index contributed by atoms with van der Waals surface area (Å²) < 4.78 is 16.4. The van der Waals surface area contributed by atoms with Gasteiger partial charge in [-0.2, -0.15) is 0 Å². The standard InChI is InChI=1S/C24H42O5/c1-2-3-4-5-6-7-8-9-10-11-12-13-14-15-16-17-22(26)29-21-19-28-23-20(25)18-27-24(21)23/h9-10,20-21,23-25H,2-8,11-19H2,1H3/b10-9-. The van der Waals surface area contributed by atoms with Crippen LogP contribution in [0.3, 0.4) is 0 Å². The second kappa shape index (κ2) is 15.0. The van der Waals surface area contributed by atoms with Crippen molar-refractivity contribution < 1.29 is 24.1 Å². The van der Waals surface area contributed by atoms with Crippen LogP contribution in [0.2, 0.25) is 0 Å². The molecule has 4 unspecified atom stereocenters. The first-order chi connectivity index (χ1) is 14.2. The summed E-state index contributed by atoms with van der Waals surface area (Å²) in [7, 11) is 0. The minimum atomic E-state index is -0.603. The van der Waals surface area contributed by atoms with Gasteiger partial charge in [-0.15, -0.1) is 0 Å². The number of aliphatic hydroxyl groups excluding tert-OH is 1. The van der Waals surface area contributed by atoms with E-state index < -0.39 is 6.10 Å². The Morgan fingerprint density at radius 3 is 2.14 bits per heavy atom. The molecule has 0 aromatic carbocycles. The van der Waals surface area contributed by atoms with Crippen molar-refractivity contribution in [2.45, 2.75) is 121 Å². The van der Waals surface area contributed by atoms with Gasteiger partial charge in [0.1, 0.15) is 18.3 Å². The number of carbonyl (C=O) groups excluding carboxylic acids is 1. The molecule has 2 rings (SSSR count). The molecule has 4 atom stereocenters. The molecule has 0 radical (unpaired) electrons. The SMILES string of the molecule is CCCCCCCC/C=C\CCCCCCCC(=O)OC1COC2C(O)COC12. The number of esters is 1. The summed E-state index contributed by atoms with van der Waals surface area (Å²) in [6.07, 6.45) is 19.7. The van der Waals surface area contributed by atoms with Gasteiger partial charge in [-0.25, -0.2) is 0 Å². The number of unbranched alkanes of at least 4 members (excludes halogenated alkanes) is 11. The Bertz CT molecular complexity index is 464. The first-order valence-corrected chi connectivity index (χ1v) is 12.0. The second-order valence-corrected chi connectivity index (χ2v) is 8.53. The number of hydrogen-bond donors (Lipinski definition) is 1. The molecular weight excluding hydrogens is 368 g/mol. The Balaban J connectivity index is 1.35. The number of hydrogen-bond acceptors (Lipinski definition) is 5. The van der Waals surface area contributed by atoms with Crippen LogP contribution < -0.4 is 0 Å². The zero-order valence-corrected chi connectivity index (χ0v) is 18.4. The minimum absolute atomic E-state index is 0.179. The number of aliphatic hydroxyl groups is 1. The zero-order valence-electron chi connectivity index (χ0n) is 18.4. The van der Waals surface area contributed by atoms with E-state index in [0.717, 1.165) is 12.8 Å². The minimum Gasteiger partial charge on any atom is -0.457 e. The monoisotopic (exact) mass is 410 g/mol. The predicted molar refractivity (Wildman–Crippen MR) is 115 cm³/mol. The van der Waals surface area contributed by atoms with Crippen molar-refractivity contribution in [3.8, 4) is 0 Å². The van der Waals surface area contributed by atoms with Crippen LogP contribution in [0.1, 0.15) is 96.8 Å². The molecule has 2 heterocycles. The lowest BCUT2D eigenvalue weighted by Gasteiger charge is -2.16. The van der Waals surface area contributed by atoms with Crippen molar-refractivity contribution in [3.05, 3.63) is 12.2 Å². The molecule has 2 aliphatic rings. The summed E-state index contributed by atoms with van der Waals surface area (Å²) >= 11 is 0.